The average Bonchev–Trinajstić information content (AvgIpc) is 3.12. The van der Waals surface area contributed by atoms with E-state index in [0.29, 0.717) is 43.6 Å². The van der Waals surface area contributed by atoms with Gasteiger partial charge >= 0.3 is 0 Å². The minimum atomic E-state index is -0.300. The lowest BCUT2D eigenvalue weighted by Gasteiger charge is -2.32. The van der Waals surface area contributed by atoms with E-state index in [1.807, 2.05) is 20.8 Å². The van der Waals surface area contributed by atoms with Crippen LogP contribution in [0, 0.1) is 0 Å². The molecule has 0 bridgehead atoms. The van der Waals surface area contributed by atoms with Gasteiger partial charge in [0.25, 0.3) is 5.91 Å². The summed E-state index contributed by atoms with van der Waals surface area (Å²) in [6, 6.07) is 3.36. The second-order valence-corrected chi connectivity index (χ2v) is 6.16. The first-order chi connectivity index (χ1) is 12.1. The Hall–Kier alpha value is -2.48. The van der Waals surface area contributed by atoms with E-state index in [-0.39, 0.29) is 17.9 Å². The molecule has 1 aliphatic heterocycles. The Labute approximate surface area is 146 Å². The summed E-state index contributed by atoms with van der Waals surface area (Å²) < 4.78 is 11.1. The van der Waals surface area contributed by atoms with Crippen LogP contribution in [0.25, 0.3) is 0 Å². The molecule has 8 nitrogen and oxygen atoms in total. The predicted octanol–water partition coefficient (Wildman–Crippen LogP) is 1.94. The van der Waals surface area contributed by atoms with Crippen LogP contribution in [0.15, 0.2) is 18.3 Å². The van der Waals surface area contributed by atoms with Crippen LogP contribution in [0.5, 0.6) is 5.88 Å². The quantitative estimate of drug-likeness (QED) is 0.890. The third kappa shape index (κ3) is 3.96. The topological polar surface area (TPSA) is 93.2 Å². The van der Waals surface area contributed by atoms with Gasteiger partial charge in [0, 0.05) is 30.3 Å². The van der Waals surface area contributed by atoms with Crippen molar-refractivity contribution in [2.24, 2.45) is 0 Å². The molecule has 0 saturated carbocycles. The second-order valence-electron chi connectivity index (χ2n) is 6.16. The van der Waals surface area contributed by atoms with Gasteiger partial charge in [0.1, 0.15) is 6.10 Å². The zero-order chi connectivity index (χ0) is 17.8. The molecule has 8 heteroatoms. The van der Waals surface area contributed by atoms with Gasteiger partial charge in [-0.15, -0.1) is 0 Å². The number of rotatable bonds is 5. The van der Waals surface area contributed by atoms with Crippen LogP contribution in [-0.4, -0.2) is 57.3 Å². The highest BCUT2D eigenvalue weighted by Crippen LogP contribution is 2.22. The Kier molecular flexibility index (Phi) is 5.28. The number of carbonyl (C=O) groups is 1. The summed E-state index contributed by atoms with van der Waals surface area (Å²) >= 11 is 0. The Balaban J connectivity index is 1.72. The van der Waals surface area contributed by atoms with Crippen molar-refractivity contribution in [2.45, 2.75) is 32.8 Å². The van der Waals surface area contributed by atoms with E-state index >= 15 is 0 Å². The number of aromatic nitrogens is 4. The van der Waals surface area contributed by atoms with Gasteiger partial charge in [0.05, 0.1) is 19.8 Å². The molecule has 0 unspecified atom stereocenters. The first-order valence-electron chi connectivity index (χ1n) is 8.50. The maximum Gasteiger partial charge on any atom is 0.254 e. The summed E-state index contributed by atoms with van der Waals surface area (Å²) in [7, 11) is 0. The molecule has 1 atom stereocenters. The van der Waals surface area contributed by atoms with Crippen molar-refractivity contribution in [3.8, 4) is 5.88 Å². The lowest BCUT2D eigenvalue weighted by Crippen LogP contribution is -2.42. The normalized spacial score (nSPS) is 17.8. The highest BCUT2D eigenvalue weighted by molar-refractivity contribution is 5.94. The molecule has 2 aromatic heterocycles. The molecule has 3 rings (SSSR count). The van der Waals surface area contributed by atoms with Crippen LogP contribution >= 0.6 is 0 Å². The fourth-order valence-electron chi connectivity index (χ4n) is 2.64. The number of pyridine rings is 1. The van der Waals surface area contributed by atoms with E-state index in [4.69, 9.17) is 9.47 Å². The van der Waals surface area contributed by atoms with E-state index < -0.39 is 0 Å². The number of nitrogens with zero attached hydrogens (tertiary/aromatic N) is 4. The van der Waals surface area contributed by atoms with Gasteiger partial charge in [-0.05, 0) is 13.0 Å². The standard InChI is InChI=1S/C17H23N5O3/c1-4-24-14-9-12(5-6-18-14)17(23)22-7-8-25-13(10-22)16-19-15(11(2)3)20-21-16/h5-6,9,11,13H,4,7-8,10H2,1-3H3,(H,19,20,21)/t13-/m1/s1. The Morgan fingerprint density at radius 1 is 1.52 bits per heavy atom. The van der Waals surface area contributed by atoms with E-state index in [1.165, 1.54) is 0 Å². The molecule has 1 amide bonds. The van der Waals surface area contributed by atoms with Crippen LogP contribution < -0.4 is 4.74 Å². The molecule has 0 aliphatic carbocycles. The SMILES string of the molecule is CCOc1cc(C(=O)N2CCO[C@@H](c3nc(C(C)C)n[nH]3)C2)ccn1. The lowest BCUT2D eigenvalue weighted by molar-refractivity contribution is -0.0267. The first kappa shape index (κ1) is 17.3. The molecule has 0 spiro atoms. The van der Waals surface area contributed by atoms with Crippen molar-refractivity contribution >= 4 is 5.91 Å². The lowest BCUT2D eigenvalue weighted by atomic mass is 10.2. The summed E-state index contributed by atoms with van der Waals surface area (Å²) in [5, 5.41) is 7.13. The van der Waals surface area contributed by atoms with E-state index in [1.54, 1.807) is 23.2 Å². The second kappa shape index (κ2) is 7.60. The van der Waals surface area contributed by atoms with Crippen molar-refractivity contribution < 1.29 is 14.3 Å². The number of hydrogen-bond acceptors (Lipinski definition) is 6. The maximum absolute atomic E-state index is 12.8. The van der Waals surface area contributed by atoms with Gasteiger partial charge in [-0.1, -0.05) is 13.8 Å². The summed E-state index contributed by atoms with van der Waals surface area (Å²) in [4.78, 5) is 23.1. The minimum Gasteiger partial charge on any atom is -0.478 e. The highest BCUT2D eigenvalue weighted by atomic mass is 16.5. The number of ether oxygens (including phenoxy) is 2. The summed E-state index contributed by atoms with van der Waals surface area (Å²) in [5.74, 6) is 2.03. The molecule has 1 N–H and O–H groups in total. The average molecular weight is 345 g/mol. The van der Waals surface area contributed by atoms with Crippen molar-refractivity contribution in [1.82, 2.24) is 25.1 Å². The molecule has 2 aromatic rings. The van der Waals surface area contributed by atoms with Crippen LogP contribution in [0.1, 0.15) is 54.8 Å². The third-order valence-electron chi connectivity index (χ3n) is 3.97. The van der Waals surface area contributed by atoms with Crippen molar-refractivity contribution in [3.63, 3.8) is 0 Å². The summed E-state index contributed by atoms with van der Waals surface area (Å²) in [6.45, 7) is 7.87. The fourth-order valence-corrected chi connectivity index (χ4v) is 2.64. The Morgan fingerprint density at radius 3 is 3.08 bits per heavy atom. The van der Waals surface area contributed by atoms with Crippen LogP contribution in [0.2, 0.25) is 0 Å². The number of hydrogen-bond donors (Lipinski definition) is 1. The van der Waals surface area contributed by atoms with Gasteiger partial charge in [-0.2, -0.15) is 5.10 Å². The van der Waals surface area contributed by atoms with Gasteiger partial charge in [0.15, 0.2) is 11.6 Å². The zero-order valence-corrected chi connectivity index (χ0v) is 14.7. The van der Waals surface area contributed by atoms with Gasteiger partial charge < -0.3 is 14.4 Å². The van der Waals surface area contributed by atoms with Crippen LogP contribution in [0.3, 0.4) is 0 Å². The molecule has 1 fully saturated rings. The molecular formula is C17H23N5O3. The van der Waals surface area contributed by atoms with Crippen LogP contribution in [-0.2, 0) is 4.74 Å². The molecule has 134 valence electrons. The number of aromatic amines is 1. The Morgan fingerprint density at radius 2 is 2.36 bits per heavy atom. The molecule has 3 heterocycles. The van der Waals surface area contributed by atoms with E-state index in [9.17, 15) is 4.79 Å². The highest BCUT2D eigenvalue weighted by Gasteiger charge is 2.28. The van der Waals surface area contributed by atoms with Gasteiger partial charge in [0.2, 0.25) is 5.88 Å². The number of morpholine rings is 1. The molecule has 25 heavy (non-hydrogen) atoms. The number of amides is 1. The largest absolute Gasteiger partial charge is 0.478 e. The van der Waals surface area contributed by atoms with Crippen molar-refractivity contribution in [3.05, 3.63) is 35.5 Å². The van der Waals surface area contributed by atoms with Gasteiger partial charge in [-0.3, -0.25) is 9.89 Å². The number of carbonyl (C=O) groups excluding carboxylic acids is 1. The minimum absolute atomic E-state index is 0.0692. The smallest absolute Gasteiger partial charge is 0.254 e. The van der Waals surface area contributed by atoms with E-state index in [2.05, 4.69) is 20.2 Å². The summed E-state index contributed by atoms with van der Waals surface area (Å²) in [5.41, 5.74) is 0.555. The molecule has 0 aromatic carbocycles. The van der Waals surface area contributed by atoms with E-state index in [0.717, 1.165) is 5.82 Å². The van der Waals surface area contributed by atoms with Crippen molar-refractivity contribution in [2.75, 3.05) is 26.3 Å². The van der Waals surface area contributed by atoms with Gasteiger partial charge in [-0.25, -0.2) is 9.97 Å². The van der Waals surface area contributed by atoms with Crippen LogP contribution in [0.4, 0.5) is 0 Å². The third-order valence-corrected chi connectivity index (χ3v) is 3.97. The van der Waals surface area contributed by atoms with Crippen molar-refractivity contribution in [1.29, 1.82) is 0 Å². The molecular weight excluding hydrogens is 322 g/mol. The fraction of sp³-hybridized carbons (Fsp3) is 0.529. The first-order valence-corrected chi connectivity index (χ1v) is 8.50. The Bertz CT molecular complexity index is 731. The zero-order valence-electron chi connectivity index (χ0n) is 14.7. The number of nitrogens with one attached hydrogen (secondary N) is 1. The molecule has 0 radical (unpaired) electrons. The number of H-pyrrole nitrogens is 1. The molecule has 1 saturated heterocycles. The monoisotopic (exact) mass is 345 g/mol. The summed E-state index contributed by atoms with van der Waals surface area (Å²) in [6.07, 6.45) is 1.28. The maximum atomic E-state index is 12.8. The predicted molar refractivity (Wildman–Crippen MR) is 90.5 cm³/mol. The molecule has 1 aliphatic rings.